The third-order valence-corrected chi connectivity index (χ3v) is 4.85. The van der Waals surface area contributed by atoms with Crippen LogP contribution in [0.15, 0.2) is 83.8 Å². The predicted octanol–water partition coefficient (Wildman–Crippen LogP) is 4.42. The zero-order valence-electron chi connectivity index (χ0n) is 14.8. The van der Waals surface area contributed by atoms with Crippen LogP contribution < -0.4 is 14.8 Å². The minimum absolute atomic E-state index is 0.476. The second-order valence-electron chi connectivity index (χ2n) is 5.94. The van der Waals surface area contributed by atoms with E-state index in [1.807, 2.05) is 49.4 Å². The first-order chi connectivity index (χ1) is 13.1. The van der Waals surface area contributed by atoms with Crippen LogP contribution >= 0.6 is 0 Å². The molecule has 1 unspecified atom stereocenters. The van der Waals surface area contributed by atoms with Gasteiger partial charge in [-0.3, -0.25) is 4.72 Å². The van der Waals surface area contributed by atoms with E-state index >= 15 is 0 Å². The number of carbonyl (C=O) groups is 1. The molecule has 0 fully saturated rings. The molecule has 0 aliphatic heterocycles. The van der Waals surface area contributed by atoms with Crippen molar-refractivity contribution in [3.8, 4) is 5.75 Å². The molecule has 0 saturated heterocycles. The normalized spacial score (nSPS) is 11.4. The van der Waals surface area contributed by atoms with Crippen LogP contribution in [0.5, 0.6) is 5.75 Å². The van der Waals surface area contributed by atoms with E-state index in [4.69, 9.17) is 4.74 Å². The second-order valence-corrected chi connectivity index (χ2v) is 7.15. The topological polar surface area (TPSA) is 67.4 Å². The quantitative estimate of drug-likeness (QED) is 0.665. The highest BCUT2D eigenvalue weighted by Gasteiger charge is 2.09. The van der Waals surface area contributed by atoms with Crippen molar-refractivity contribution >= 4 is 22.7 Å². The lowest BCUT2D eigenvalue weighted by Gasteiger charge is -2.09. The largest absolute Gasteiger partial charge is 0.489 e. The van der Waals surface area contributed by atoms with Crippen LogP contribution in [0.2, 0.25) is 0 Å². The molecular formula is C21H20N2O3S. The molecule has 3 aromatic rings. The number of nitrogens with one attached hydrogen (secondary N) is 2. The van der Waals surface area contributed by atoms with Gasteiger partial charge in [0, 0.05) is 5.69 Å². The summed E-state index contributed by atoms with van der Waals surface area (Å²) in [5.74, 6) is 0.702. The molecular weight excluding hydrogens is 360 g/mol. The third-order valence-electron chi connectivity index (χ3n) is 3.78. The van der Waals surface area contributed by atoms with Crippen molar-refractivity contribution in [3.63, 3.8) is 0 Å². The van der Waals surface area contributed by atoms with Gasteiger partial charge >= 0.3 is 6.03 Å². The van der Waals surface area contributed by atoms with Gasteiger partial charge in [0.05, 0.1) is 4.90 Å². The smallest absolute Gasteiger partial charge is 0.331 e. The molecule has 6 heteroatoms. The van der Waals surface area contributed by atoms with E-state index in [1.54, 1.807) is 36.4 Å². The maximum absolute atomic E-state index is 12.1. The first-order valence-electron chi connectivity index (χ1n) is 8.43. The standard InChI is InChI=1S/C21H20N2O3S/c1-16-7-13-20(14-8-16)27(25)23-21(24)22-18-9-11-19(12-10-18)26-15-17-5-3-2-4-6-17/h2-14H,15H2,1H3,(H2,22,23,24). The Kier molecular flexibility index (Phi) is 6.22. The molecule has 138 valence electrons. The van der Waals surface area contributed by atoms with Gasteiger partial charge in [-0.25, -0.2) is 9.00 Å². The van der Waals surface area contributed by atoms with E-state index < -0.39 is 17.0 Å². The van der Waals surface area contributed by atoms with Gasteiger partial charge in [-0.05, 0) is 48.9 Å². The van der Waals surface area contributed by atoms with Crippen molar-refractivity contribution in [2.75, 3.05) is 5.32 Å². The highest BCUT2D eigenvalue weighted by atomic mass is 32.2. The zero-order valence-corrected chi connectivity index (χ0v) is 15.7. The van der Waals surface area contributed by atoms with E-state index in [-0.39, 0.29) is 0 Å². The summed E-state index contributed by atoms with van der Waals surface area (Å²) in [4.78, 5) is 12.6. The monoisotopic (exact) mass is 380 g/mol. The number of hydrogen-bond donors (Lipinski definition) is 2. The van der Waals surface area contributed by atoms with Crippen molar-refractivity contribution in [3.05, 3.63) is 90.0 Å². The molecule has 2 amide bonds. The number of carbonyl (C=O) groups excluding carboxylic acids is 1. The number of ether oxygens (including phenoxy) is 1. The minimum atomic E-state index is -1.61. The Morgan fingerprint density at radius 1 is 0.926 bits per heavy atom. The average molecular weight is 380 g/mol. The predicted molar refractivity (Wildman–Crippen MR) is 107 cm³/mol. The van der Waals surface area contributed by atoms with Crippen molar-refractivity contribution in [2.45, 2.75) is 18.4 Å². The molecule has 2 N–H and O–H groups in total. The van der Waals surface area contributed by atoms with E-state index in [0.29, 0.717) is 22.9 Å². The van der Waals surface area contributed by atoms with Crippen LogP contribution in [0.4, 0.5) is 10.5 Å². The van der Waals surface area contributed by atoms with Crippen molar-refractivity contribution in [2.24, 2.45) is 0 Å². The van der Waals surface area contributed by atoms with Crippen LogP contribution in [0.25, 0.3) is 0 Å². The molecule has 3 aromatic carbocycles. The molecule has 27 heavy (non-hydrogen) atoms. The summed E-state index contributed by atoms with van der Waals surface area (Å²) in [5, 5.41) is 2.66. The lowest BCUT2D eigenvalue weighted by Crippen LogP contribution is -2.30. The van der Waals surface area contributed by atoms with Crippen LogP contribution in [0, 0.1) is 6.92 Å². The highest BCUT2D eigenvalue weighted by molar-refractivity contribution is 7.83. The number of hydrogen-bond acceptors (Lipinski definition) is 3. The Hall–Kier alpha value is -3.12. The van der Waals surface area contributed by atoms with E-state index in [2.05, 4.69) is 10.0 Å². The Bertz CT molecular complexity index is 910. The Morgan fingerprint density at radius 2 is 1.59 bits per heavy atom. The molecule has 0 radical (unpaired) electrons. The van der Waals surface area contributed by atoms with Crippen LogP contribution in [0.3, 0.4) is 0 Å². The second kappa shape index (κ2) is 9.00. The molecule has 0 aliphatic rings. The third kappa shape index (κ3) is 5.69. The fourth-order valence-corrected chi connectivity index (χ4v) is 3.06. The van der Waals surface area contributed by atoms with Gasteiger partial charge in [-0.1, -0.05) is 48.0 Å². The maximum Gasteiger partial charge on any atom is 0.331 e. The summed E-state index contributed by atoms with van der Waals surface area (Å²) >= 11 is 0. The van der Waals surface area contributed by atoms with Gasteiger partial charge in [0.1, 0.15) is 12.4 Å². The average Bonchev–Trinajstić information content (AvgIpc) is 2.68. The first kappa shape index (κ1) is 18.7. The van der Waals surface area contributed by atoms with Crippen LogP contribution in [-0.2, 0) is 17.6 Å². The Balaban J connectivity index is 1.50. The molecule has 0 aliphatic carbocycles. The van der Waals surface area contributed by atoms with Crippen LogP contribution in [-0.4, -0.2) is 10.2 Å². The summed E-state index contributed by atoms with van der Waals surface area (Å²) in [7, 11) is -1.61. The van der Waals surface area contributed by atoms with Gasteiger partial charge in [-0.2, -0.15) is 0 Å². The zero-order chi connectivity index (χ0) is 19.1. The Labute approximate surface area is 161 Å². The van der Waals surface area contributed by atoms with Gasteiger partial charge in [0.25, 0.3) is 0 Å². The fraction of sp³-hybridized carbons (Fsp3) is 0.0952. The molecule has 5 nitrogen and oxygen atoms in total. The number of urea groups is 1. The van der Waals surface area contributed by atoms with Crippen LogP contribution in [0.1, 0.15) is 11.1 Å². The summed E-state index contributed by atoms with van der Waals surface area (Å²) < 4.78 is 20.3. The molecule has 0 saturated carbocycles. The van der Waals surface area contributed by atoms with Crippen molar-refractivity contribution in [1.82, 2.24) is 4.72 Å². The molecule has 0 bridgehead atoms. The number of benzene rings is 3. The highest BCUT2D eigenvalue weighted by Crippen LogP contribution is 2.17. The molecule has 0 aromatic heterocycles. The van der Waals surface area contributed by atoms with Gasteiger partial charge in [0.2, 0.25) is 0 Å². The summed E-state index contributed by atoms with van der Waals surface area (Å²) in [5.41, 5.74) is 2.73. The van der Waals surface area contributed by atoms with E-state index in [9.17, 15) is 9.00 Å². The number of amides is 2. The van der Waals surface area contributed by atoms with Gasteiger partial charge < -0.3 is 10.1 Å². The fourth-order valence-electron chi connectivity index (χ4n) is 2.34. The summed E-state index contributed by atoms with van der Waals surface area (Å²) in [6.45, 7) is 2.42. The molecule has 1 atom stereocenters. The lowest BCUT2D eigenvalue weighted by atomic mass is 10.2. The number of aryl methyl sites for hydroxylation is 1. The van der Waals surface area contributed by atoms with Gasteiger partial charge in [0.15, 0.2) is 11.0 Å². The van der Waals surface area contributed by atoms with E-state index in [0.717, 1.165) is 11.1 Å². The molecule has 3 rings (SSSR count). The van der Waals surface area contributed by atoms with Gasteiger partial charge in [-0.15, -0.1) is 0 Å². The molecule has 0 heterocycles. The summed E-state index contributed by atoms with van der Waals surface area (Å²) in [6.07, 6.45) is 0. The molecule has 0 spiro atoms. The number of rotatable bonds is 6. The van der Waals surface area contributed by atoms with Crippen molar-refractivity contribution < 1.29 is 13.7 Å². The Morgan fingerprint density at radius 3 is 2.26 bits per heavy atom. The summed E-state index contributed by atoms with van der Waals surface area (Å²) in [6, 6.07) is 23.5. The maximum atomic E-state index is 12.1. The number of anilines is 1. The SMILES string of the molecule is Cc1ccc(S(=O)NC(=O)Nc2ccc(OCc3ccccc3)cc2)cc1. The first-order valence-corrected chi connectivity index (χ1v) is 9.58. The van der Waals surface area contributed by atoms with E-state index in [1.165, 1.54) is 0 Å². The van der Waals surface area contributed by atoms with Crippen molar-refractivity contribution in [1.29, 1.82) is 0 Å². The minimum Gasteiger partial charge on any atom is -0.489 e. The lowest BCUT2D eigenvalue weighted by molar-refractivity contribution is 0.257.